The van der Waals surface area contributed by atoms with E-state index in [4.69, 9.17) is 10.5 Å². The number of nitrogens with two attached hydrogens (primary N) is 1. The molecule has 22 heavy (non-hydrogen) atoms. The molecule has 0 amide bonds. The second-order valence-electron chi connectivity index (χ2n) is 6.01. The Morgan fingerprint density at radius 1 is 1.23 bits per heavy atom. The molecular weight excluding hydrogens is 283 g/mol. The van der Waals surface area contributed by atoms with Gasteiger partial charge < -0.3 is 15.8 Å². The maximum absolute atomic E-state index is 13.7. The van der Waals surface area contributed by atoms with Crippen molar-refractivity contribution in [2.24, 2.45) is 0 Å². The number of aromatic nitrogens is 2. The first-order valence-corrected chi connectivity index (χ1v) is 7.02. The average molecular weight is 304 g/mol. The lowest BCUT2D eigenvalue weighted by Gasteiger charge is -2.20. The minimum Gasteiger partial charge on any atom is -0.479 e. The Labute approximate surface area is 129 Å². The lowest BCUT2D eigenvalue weighted by Crippen LogP contribution is -2.19. The summed E-state index contributed by atoms with van der Waals surface area (Å²) in [4.78, 5) is 8.77. The maximum Gasteiger partial charge on any atom is 0.242 e. The van der Waals surface area contributed by atoms with Crippen molar-refractivity contribution in [2.45, 2.75) is 32.7 Å². The summed E-state index contributed by atoms with van der Waals surface area (Å²) in [6.07, 6.45) is 0. The van der Waals surface area contributed by atoms with Gasteiger partial charge in [0.2, 0.25) is 5.88 Å². The normalized spacial score (nSPS) is 11.3. The summed E-state index contributed by atoms with van der Waals surface area (Å²) in [6, 6.07) is 6.56. The largest absolute Gasteiger partial charge is 0.479 e. The fourth-order valence-corrected chi connectivity index (χ4v) is 1.90. The summed E-state index contributed by atoms with van der Waals surface area (Å²) in [7, 11) is 1.51. The van der Waals surface area contributed by atoms with E-state index in [-0.39, 0.29) is 17.8 Å². The van der Waals surface area contributed by atoms with Crippen molar-refractivity contribution in [3.8, 4) is 5.88 Å². The van der Waals surface area contributed by atoms with Crippen LogP contribution in [-0.4, -0.2) is 17.1 Å². The number of anilines is 2. The molecule has 2 aromatic rings. The van der Waals surface area contributed by atoms with Crippen molar-refractivity contribution < 1.29 is 9.13 Å². The van der Waals surface area contributed by atoms with Crippen LogP contribution in [-0.2, 0) is 12.0 Å². The first-order chi connectivity index (χ1) is 10.3. The number of methoxy groups -OCH3 is 1. The van der Waals surface area contributed by atoms with Gasteiger partial charge in [0.15, 0.2) is 5.82 Å². The van der Waals surface area contributed by atoms with Crippen LogP contribution in [0.4, 0.5) is 15.9 Å². The van der Waals surface area contributed by atoms with Crippen LogP contribution in [0.3, 0.4) is 0 Å². The van der Waals surface area contributed by atoms with E-state index >= 15 is 0 Å². The summed E-state index contributed by atoms with van der Waals surface area (Å²) in [6.45, 7) is 6.27. The van der Waals surface area contributed by atoms with E-state index in [0.717, 1.165) is 0 Å². The van der Waals surface area contributed by atoms with Crippen molar-refractivity contribution in [1.82, 2.24) is 9.97 Å². The van der Waals surface area contributed by atoms with Crippen molar-refractivity contribution in [3.63, 3.8) is 0 Å². The molecule has 118 valence electrons. The van der Waals surface area contributed by atoms with E-state index in [9.17, 15) is 4.39 Å². The Bertz CT molecular complexity index is 668. The van der Waals surface area contributed by atoms with E-state index < -0.39 is 0 Å². The van der Waals surface area contributed by atoms with Gasteiger partial charge in [0.1, 0.15) is 17.3 Å². The zero-order chi connectivity index (χ0) is 16.3. The van der Waals surface area contributed by atoms with Gasteiger partial charge in [0, 0.05) is 17.5 Å². The van der Waals surface area contributed by atoms with Crippen molar-refractivity contribution >= 4 is 11.5 Å². The first kappa shape index (κ1) is 16.0. The van der Waals surface area contributed by atoms with Crippen LogP contribution in [0.2, 0.25) is 0 Å². The quantitative estimate of drug-likeness (QED) is 0.908. The standard InChI is InChI=1S/C16H21FN4O/c1-16(2,3)15-20-13(12(18)14(21-15)22-4)19-9-10-7-5-6-8-11(10)17/h5-8H,9,18H2,1-4H3,(H,19,20,21). The molecule has 0 radical (unpaired) electrons. The Balaban J connectivity index is 2.32. The van der Waals surface area contributed by atoms with Gasteiger partial charge in [-0.25, -0.2) is 9.37 Å². The maximum atomic E-state index is 13.7. The Morgan fingerprint density at radius 2 is 1.91 bits per heavy atom. The summed E-state index contributed by atoms with van der Waals surface area (Å²) >= 11 is 0. The van der Waals surface area contributed by atoms with Crippen molar-refractivity contribution in [1.29, 1.82) is 0 Å². The lowest BCUT2D eigenvalue weighted by molar-refractivity contribution is 0.391. The van der Waals surface area contributed by atoms with Crippen molar-refractivity contribution in [3.05, 3.63) is 41.5 Å². The number of nitrogens with zero attached hydrogens (tertiary/aromatic N) is 2. The van der Waals surface area contributed by atoms with Crippen LogP contribution >= 0.6 is 0 Å². The minimum atomic E-state index is -0.273. The molecule has 1 heterocycles. The van der Waals surface area contributed by atoms with Gasteiger partial charge in [-0.1, -0.05) is 39.0 Å². The molecule has 0 spiro atoms. The number of nitrogens with one attached hydrogen (secondary N) is 1. The average Bonchev–Trinajstić information content (AvgIpc) is 2.46. The van der Waals surface area contributed by atoms with E-state index in [2.05, 4.69) is 15.3 Å². The van der Waals surface area contributed by atoms with Gasteiger partial charge in [-0.2, -0.15) is 4.98 Å². The van der Waals surface area contributed by atoms with Crippen molar-refractivity contribution in [2.75, 3.05) is 18.2 Å². The topological polar surface area (TPSA) is 73.1 Å². The number of nitrogen functional groups attached to an aromatic ring is 1. The molecule has 1 aromatic heterocycles. The second-order valence-corrected chi connectivity index (χ2v) is 6.01. The smallest absolute Gasteiger partial charge is 0.242 e. The van der Waals surface area contributed by atoms with Crippen LogP contribution in [0, 0.1) is 5.82 Å². The van der Waals surface area contributed by atoms with Crippen LogP contribution in [0.25, 0.3) is 0 Å². The van der Waals surface area contributed by atoms with Gasteiger partial charge in [0.05, 0.1) is 7.11 Å². The molecule has 0 aliphatic heterocycles. The number of hydrogen-bond acceptors (Lipinski definition) is 5. The Morgan fingerprint density at radius 3 is 2.50 bits per heavy atom. The highest BCUT2D eigenvalue weighted by atomic mass is 19.1. The fraction of sp³-hybridized carbons (Fsp3) is 0.375. The molecule has 1 aromatic carbocycles. The first-order valence-electron chi connectivity index (χ1n) is 7.02. The molecule has 2 rings (SSSR count). The Kier molecular flexibility index (Phi) is 4.49. The Hall–Kier alpha value is -2.37. The van der Waals surface area contributed by atoms with E-state index in [1.165, 1.54) is 13.2 Å². The zero-order valence-electron chi connectivity index (χ0n) is 13.3. The predicted octanol–water partition coefficient (Wildman–Crippen LogP) is 3.12. The number of halogens is 1. The van der Waals surface area contributed by atoms with Gasteiger partial charge in [-0.3, -0.25) is 0 Å². The monoisotopic (exact) mass is 304 g/mol. The molecular formula is C16H21FN4O. The highest BCUT2D eigenvalue weighted by molar-refractivity contribution is 5.67. The van der Waals surface area contributed by atoms with Crippen LogP contribution in [0.15, 0.2) is 24.3 Å². The number of rotatable bonds is 4. The van der Waals surface area contributed by atoms with E-state index in [1.807, 2.05) is 20.8 Å². The zero-order valence-corrected chi connectivity index (χ0v) is 13.3. The molecule has 0 aliphatic carbocycles. The van der Waals surface area contributed by atoms with Gasteiger partial charge in [-0.05, 0) is 6.07 Å². The number of ether oxygens (including phenoxy) is 1. The molecule has 0 fully saturated rings. The van der Waals surface area contributed by atoms with Crippen LogP contribution in [0.5, 0.6) is 5.88 Å². The van der Waals surface area contributed by atoms with Gasteiger partial charge in [-0.15, -0.1) is 0 Å². The summed E-state index contributed by atoms with van der Waals surface area (Å²) in [5.74, 6) is 1.09. The molecule has 0 saturated heterocycles. The van der Waals surface area contributed by atoms with Crippen LogP contribution < -0.4 is 15.8 Å². The van der Waals surface area contributed by atoms with Gasteiger partial charge >= 0.3 is 0 Å². The molecule has 0 unspecified atom stereocenters. The number of benzene rings is 1. The molecule has 6 heteroatoms. The summed E-state index contributed by atoms with van der Waals surface area (Å²) < 4.78 is 18.9. The third kappa shape index (κ3) is 3.44. The predicted molar refractivity (Wildman–Crippen MR) is 85.4 cm³/mol. The third-order valence-electron chi connectivity index (χ3n) is 3.18. The minimum absolute atomic E-state index is 0.255. The van der Waals surface area contributed by atoms with E-state index in [0.29, 0.717) is 28.8 Å². The second kappa shape index (κ2) is 6.17. The number of hydrogen-bond donors (Lipinski definition) is 2. The van der Waals surface area contributed by atoms with Gasteiger partial charge in [0.25, 0.3) is 0 Å². The molecule has 0 atom stereocenters. The van der Waals surface area contributed by atoms with E-state index in [1.54, 1.807) is 18.2 Å². The fourth-order valence-electron chi connectivity index (χ4n) is 1.90. The molecule has 3 N–H and O–H groups in total. The highest BCUT2D eigenvalue weighted by Crippen LogP contribution is 2.30. The SMILES string of the molecule is COc1nc(C(C)(C)C)nc(NCc2ccccc2F)c1N. The summed E-state index contributed by atoms with van der Waals surface area (Å²) in [5, 5.41) is 3.06. The van der Waals surface area contributed by atoms with Crippen LogP contribution in [0.1, 0.15) is 32.2 Å². The molecule has 0 bridgehead atoms. The molecule has 0 saturated carbocycles. The summed E-state index contributed by atoms with van der Waals surface area (Å²) in [5.41, 5.74) is 6.60. The molecule has 0 aliphatic rings. The molecule has 5 nitrogen and oxygen atoms in total. The highest BCUT2D eigenvalue weighted by Gasteiger charge is 2.22. The third-order valence-corrected chi connectivity index (χ3v) is 3.18. The lowest BCUT2D eigenvalue weighted by atomic mass is 9.96.